The number of carbonyl (C=O) groups is 2. The molecular weight excluding hydrogens is 552 g/mol. The molecule has 7 nitrogen and oxygen atoms in total. The summed E-state index contributed by atoms with van der Waals surface area (Å²) in [6.07, 6.45) is 3.61. The molecule has 42 heavy (non-hydrogen) atoms. The Morgan fingerprint density at radius 1 is 1.02 bits per heavy atom. The zero-order valence-corrected chi connectivity index (χ0v) is 24.5. The molecule has 1 amide bonds. The summed E-state index contributed by atoms with van der Waals surface area (Å²) in [6.45, 7) is 6.36. The Hall–Kier alpha value is -4.36. The van der Waals surface area contributed by atoms with Gasteiger partial charge in [-0.05, 0) is 77.3 Å². The van der Waals surface area contributed by atoms with E-state index in [-0.39, 0.29) is 18.1 Å². The molecule has 1 atom stereocenters. The van der Waals surface area contributed by atoms with E-state index in [2.05, 4.69) is 32.2 Å². The van der Waals surface area contributed by atoms with Crippen molar-refractivity contribution in [1.82, 2.24) is 4.98 Å². The molecule has 0 radical (unpaired) electrons. The van der Waals surface area contributed by atoms with Crippen LogP contribution in [0.25, 0.3) is 22.6 Å². The van der Waals surface area contributed by atoms with Crippen molar-refractivity contribution < 1.29 is 23.8 Å². The summed E-state index contributed by atoms with van der Waals surface area (Å²) in [5.41, 5.74) is 5.37. The monoisotopic (exact) mass is 582 g/mol. The maximum absolute atomic E-state index is 13.8. The number of amides is 1. The lowest BCUT2D eigenvalue weighted by molar-refractivity contribution is -0.119. The van der Waals surface area contributed by atoms with Crippen LogP contribution >= 0.6 is 11.6 Å². The highest BCUT2D eigenvalue weighted by Gasteiger charge is 2.35. The lowest BCUT2D eigenvalue weighted by Gasteiger charge is -2.36. The molecule has 1 aromatic heterocycles. The lowest BCUT2D eigenvalue weighted by atomic mass is 9.69. The van der Waals surface area contributed by atoms with E-state index in [4.69, 9.17) is 30.8 Å². The zero-order valence-electron chi connectivity index (χ0n) is 23.7. The first kappa shape index (κ1) is 27.8. The van der Waals surface area contributed by atoms with E-state index < -0.39 is 18.5 Å². The van der Waals surface area contributed by atoms with Crippen LogP contribution in [0.15, 0.2) is 66.7 Å². The number of pyridine rings is 1. The number of nitrogens with zero attached hydrogens (tertiary/aromatic N) is 1. The fourth-order valence-corrected chi connectivity index (χ4v) is 5.63. The maximum Gasteiger partial charge on any atom is 0.339 e. The van der Waals surface area contributed by atoms with Crippen LogP contribution in [0.4, 0.5) is 5.69 Å². The van der Waals surface area contributed by atoms with Crippen molar-refractivity contribution in [1.29, 1.82) is 0 Å². The summed E-state index contributed by atoms with van der Waals surface area (Å²) in [4.78, 5) is 31.6. The topological polar surface area (TPSA) is 86.8 Å². The SMILES string of the molecule is CC(C)(C)C1CC(=Cc2ccc(Cl)cc2)c2nc3ccccc3c(C(=O)OCC(=O)Nc3ccc4c(c3)OCO4)c2C1. The van der Waals surface area contributed by atoms with Gasteiger partial charge in [0, 0.05) is 22.2 Å². The molecule has 214 valence electrons. The summed E-state index contributed by atoms with van der Waals surface area (Å²) < 4.78 is 16.3. The van der Waals surface area contributed by atoms with Crippen LogP contribution in [0, 0.1) is 11.3 Å². The van der Waals surface area contributed by atoms with Crippen molar-refractivity contribution in [3.8, 4) is 11.5 Å². The molecule has 2 aliphatic rings. The second-order valence-corrected chi connectivity index (χ2v) is 12.2. The Morgan fingerprint density at radius 3 is 2.57 bits per heavy atom. The van der Waals surface area contributed by atoms with Gasteiger partial charge in [-0.25, -0.2) is 9.78 Å². The quantitative estimate of drug-likeness (QED) is 0.244. The summed E-state index contributed by atoms with van der Waals surface area (Å²) in [5.74, 6) is 0.422. The van der Waals surface area contributed by atoms with Gasteiger partial charge < -0.3 is 19.5 Å². The number of allylic oxidation sites excluding steroid dienone is 1. The number of para-hydroxylation sites is 1. The first-order valence-corrected chi connectivity index (χ1v) is 14.3. The third kappa shape index (κ3) is 5.70. The van der Waals surface area contributed by atoms with E-state index in [0.29, 0.717) is 45.1 Å². The molecule has 1 aliphatic heterocycles. The molecule has 4 aromatic rings. The van der Waals surface area contributed by atoms with E-state index in [0.717, 1.165) is 28.8 Å². The van der Waals surface area contributed by atoms with Crippen LogP contribution in [-0.2, 0) is 16.0 Å². The van der Waals surface area contributed by atoms with E-state index in [1.807, 2.05) is 48.5 Å². The van der Waals surface area contributed by atoms with Crippen molar-refractivity contribution in [2.24, 2.45) is 11.3 Å². The first-order valence-electron chi connectivity index (χ1n) is 13.9. The minimum Gasteiger partial charge on any atom is -0.454 e. The zero-order chi connectivity index (χ0) is 29.4. The fourth-order valence-electron chi connectivity index (χ4n) is 5.50. The number of ether oxygens (including phenoxy) is 3. The van der Waals surface area contributed by atoms with E-state index in [9.17, 15) is 9.59 Å². The van der Waals surface area contributed by atoms with Crippen LogP contribution in [-0.4, -0.2) is 30.3 Å². The average molecular weight is 583 g/mol. The Balaban J connectivity index is 1.34. The van der Waals surface area contributed by atoms with E-state index >= 15 is 0 Å². The molecule has 2 heterocycles. The Kier molecular flexibility index (Phi) is 7.37. The van der Waals surface area contributed by atoms with Gasteiger partial charge in [-0.2, -0.15) is 0 Å². The molecule has 0 fully saturated rings. The molecule has 8 heteroatoms. The predicted molar refractivity (Wildman–Crippen MR) is 164 cm³/mol. The number of aromatic nitrogens is 1. The van der Waals surface area contributed by atoms with Gasteiger partial charge in [0.05, 0.1) is 16.8 Å². The fraction of sp³-hybridized carbons (Fsp3) is 0.265. The molecule has 6 rings (SSSR count). The van der Waals surface area contributed by atoms with Crippen LogP contribution in [0.2, 0.25) is 5.02 Å². The van der Waals surface area contributed by atoms with E-state index in [1.165, 1.54) is 0 Å². The summed E-state index contributed by atoms with van der Waals surface area (Å²) >= 11 is 6.14. The minimum absolute atomic E-state index is 0.0197. The van der Waals surface area contributed by atoms with Crippen LogP contribution in [0.1, 0.15) is 54.4 Å². The Bertz CT molecular complexity index is 1720. The molecule has 0 saturated heterocycles. The van der Waals surface area contributed by atoms with Gasteiger partial charge >= 0.3 is 5.97 Å². The predicted octanol–water partition coefficient (Wildman–Crippen LogP) is 7.56. The number of nitrogens with one attached hydrogen (secondary N) is 1. The number of anilines is 1. The summed E-state index contributed by atoms with van der Waals surface area (Å²) in [7, 11) is 0. The lowest BCUT2D eigenvalue weighted by Crippen LogP contribution is -2.29. The summed E-state index contributed by atoms with van der Waals surface area (Å²) in [6, 6.07) is 20.4. The van der Waals surface area contributed by atoms with Crippen molar-refractivity contribution in [3.63, 3.8) is 0 Å². The molecular formula is C34H31ClN2O5. The number of esters is 1. The molecule has 0 bridgehead atoms. The van der Waals surface area contributed by atoms with Gasteiger partial charge in [0.25, 0.3) is 5.91 Å². The van der Waals surface area contributed by atoms with Gasteiger partial charge in [0.1, 0.15) is 0 Å². The van der Waals surface area contributed by atoms with Gasteiger partial charge in [-0.1, -0.05) is 62.7 Å². The number of carbonyl (C=O) groups excluding carboxylic acids is 2. The number of hydrogen-bond acceptors (Lipinski definition) is 6. The number of rotatable bonds is 5. The molecule has 0 spiro atoms. The van der Waals surface area contributed by atoms with Crippen LogP contribution < -0.4 is 14.8 Å². The number of benzene rings is 3. The third-order valence-corrected chi connectivity index (χ3v) is 8.10. The standard InChI is InChI=1S/C34H31ClN2O5/c1-34(2,3)22-15-21(14-20-8-10-23(35)11-9-20)32-26(16-22)31(25-6-4-5-7-27(25)37-32)33(39)40-18-30(38)36-24-12-13-28-29(17-24)42-19-41-28/h4-14,17,22H,15-16,18-19H2,1-3H3,(H,36,38). The highest BCUT2D eigenvalue weighted by atomic mass is 35.5. The van der Waals surface area contributed by atoms with Crippen LogP contribution in [0.3, 0.4) is 0 Å². The molecule has 1 N–H and O–H groups in total. The second-order valence-electron chi connectivity index (χ2n) is 11.7. The molecule has 3 aromatic carbocycles. The van der Waals surface area contributed by atoms with Gasteiger partial charge in [-0.15, -0.1) is 0 Å². The smallest absolute Gasteiger partial charge is 0.339 e. The number of hydrogen-bond donors (Lipinski definition) is 1. The highest BCUT2D eigenvalue weighted by molar-refractivity contribution is 6.30. The average Bonchev–Trinajstić information content (AvgIpc) is 3.43. The Morgan fingerprint density at radius 2 is 1.79 bits per heavy atom. The summed E-state index contributed by atoms with van der Waals surface area (Å²) in [5, 5.41) is 4.14. The van der Waals surface area contributed by atoms with E-state index in [1.54, 1.807) is 18.2 Å². The first-order chi connectivity index (χ1) is 20.2. The molecule has 1 aliphatic carbocycles. The highest BCUT2D eigenvalue weighted by Crippen LogP contribution is 2.45. The van der Waals surface area contributed by atoms with Gasteiger partial charge in [0.15, 0.2) is 18.1 Å². The Labute approximate surface area is 249 Å². The van der Waals surface area contributed by atoms with Crippen molar-refractivity contribution >= 4 is 51.7 Å². The second kappa shape index (κ2) is 11.1. The van der Waals surface area contributed by atoms with Crippen LogP contribution in [0.5, 0.6) is 11.5 Å². The van der Waals surface area contributed by atoms with Crippen molar-refractivity contribution in [2.45, 2.75) is 33.6 Å². The van der Waals surface area contributed by atoms with Gasteiger partial charge in [0.2, 0.25) is 6.79 Å². The third-order valence-electron chi connectivity index (χ3n) is 7.84. The van der Waals surface area contributed by atoms with Gasteiger partial charge in [-0.3, -0.25) is 4.79 Å². The van der Waals surface area contributed by atoms with Crippen molar-refractivity contribution in [2.75, 3.05) is 18.7 Å². The molecule has 0 saturated carbocycles. The number of fused-ring (bicyclic) bond motifs is 3. The molecule has 1 unspecified atom stereocenters. The minimum atomic E-state index is -0.550. The maximum atomic E-state index is 13.8. The largest absolute Gasteiger partial charge is 0.454 e. The van der Waals surface area contributed by atoms with Crippen molar-refractivity contribution in [3.05, 3.63) is 94.1 Å². The normalized spacial score (nSPS) is 16.8. The number of halogens is 1.